The van der Waals surface area contributed by atoms with E-state index in [9.17, 15) is 4.39 Å². The number of hydrogen-bond acceptors (Lipinski definition) is 1. The van der Waals surface area contributed by atoms with Gasteiger partial charge >= 0.3 is 0 Å². The van der Waals surface area contributed by atoms with Crippen molar-refractivity contribution in [2.45, 2.75) is 26.3 Å². The molecular weight excluding hydrogens is 269 g/mol. The van der Waals surface area contributed by atoms with Crippen molar-refractivity contribution in [1.82, 2.24) is 5.32 Å². The van der Waals surface area contributed by atoms with Crippen LogP contribution in [0.2, 0.25) is 0 Å². The van der Waals surface area contributed by atoms with Gasteiger partial charge in [0.15, 0.2) is 0 Å². The molecule has 1 nitrogen and oxygen atoms in total. The van der Waals surface area contributed by atoms with Crippen LogP contribution in [0.1, 0.15) is 31.9 Å². The molecular formula is C13H17BrFN. The standard InChI is InChI=1S/C13H17BrFN/c1-3-4-5-8-16-10(2)11-6-7-13(15)12(14)9-11/h3-4,6-7,9-10,16H,5,8H2,1-2H3/b4-3+. The van der Waals surface area contributed by atoms with Gasteiger partial charge < -0.3 is 5.32 Å². The van der Waals surface area contributed by atoms with Crippen LogP contribution >= 0.6 is 15.9 Å². The van der Waals surface area contributed by atoms with Crippen LogP contribution in [0.3, 0.4) is 0 Å². The first kappa shape index (κ1) is 13.4. The molecule has 0 fully saturated rings. The summed E-state index contributed by atoms with van der Waals surface area (Å²) in [4.78, 5) is 0. The summed E-state index contributed by atoms with van der Waals surface area (Å²) in [6.45, 7) is 5.02. The highest BCUT2D eigenvalue weighted by Crippen LogP contribution is 2.21. The molecule has 1 rings (SSSR count). The lowest BCUT2D eigenvalue weighted by Gasteiger charge is -2.14. The van der Waals surface area contributed by atoms with E-state index in [0.29, 0.717) is 4.47 Å². The molecule has 1 unspecified atom stereocenters. The van der Waals surface area contributed by atoms with Gasteiger partial charge in [0.2, 0.25) is 0 Å². The fourth-order valence-electron chi connectivity index (χ4n) is 1.45. The Bertz CT molecular complexity index is 363. The average Bonchev–Trinajstić information content (AvgIpc) is 2.28. The molecule has 1 aromatic carbocycles. The first-order chi connectivity index (χ1) is 7.65. The second-order valence-electron chi connectivity index (χ2n) is 3.71. The lowest BCUT2D eigenvalue weighted by Crippen LogP contribution is -2.19. The summed E-state index contributed by atoms with van der Waals surface area (Å²) in [6, 6.07) is 5.36. The van der Waals surface area contributed by atoms with Gasteiger partial charge in [-0.05, 0) is 60.4 Å². The molecule has 0 saturated heterocycles. The number of hydrogen-bond donors (Lipinski definition) is 1. The lowest BCUT2D eigenvalue weighted by molar-refractivity contribution is 0.575. The highest BCUT2D eigenvalue weighted by molar-refractivity contribution is 9.10. The number of benzene rings is 1. The summed E-state index contributed by atoms with van der Waals surface area (Å²) >= 11 is 3.19. The minimum absolute atomic E-state index is 0.218. The molecule has 0 spiro atoms. The summed E-state index contributed by atoms with van der Waals surface area (Å²) in [6.07, 6.45) is 5.18. The van der Waals surface area contributed by atoms with Crippen LogP contribution in [-0.4, -0.2) is 6.54 Å². The van der Waals surface area contributed by atoms with Crippen molar-refractivity contribution < 1.29 is 4.39 Å². The Labute approximate surface area is 105 Å². The number of nitrogens with one attached hydrogen (secondary N) is 1. The van der Waals surface area contributed by atoms with Crippen molar-refractivity contribution in [3.05, 3.63) is 46.2 Å². The Morgan fingerprint density at radius 2 is 2.25 bits per heavy atom. The maximum Gasteiger partial charge on any atom is 0.137 e. The van der Waals surface area contributed by atoms with Gasteiger partial charge in [-0.15, -0.1) is 0 Å². The van der Waals surface area contributed by atoms with Gasteiger partial charge in [0.05, 0.1) is 4.47 Å². The van der Waals surface area contributed by atoms with Crippen molar-refractivity contribution in [3.8, 4) is 0 Å². The molecule has 0 saturated carbocycles. The maximum absolute atomic E-state index is 13.0. The average molecular weight is 286 g/mol. The van der Waals surface area contributed by atoms with E-state index in [2.05, 4.69) is 34.2 Å². The van der Waals surface area contributed by atoms with Gasteiger partial charge in [-0.25, -0.2) is 4.39 Å². The van der Waals surface area contributed by atoms with E-state index in [1.807, 2.05) is 25.1 Å². The van der Waals surface area contributed by atoms with Gasteiger partial charge in [0.1, 0.15) is 5.82 Å². The van der Waals surface area contributed by atoms with Crippen molar-refractivity contribution in [1.29, 1.82) is 0 Å². The first-order valence-electron chi connectivity index (χ1n) is 5.44. The molecule has 0 amide bonds. The maximum atomic E-state index is 13.0. The summed E-state index contributed by atoms with van der Waals surface area (Å²) in [5, 5.41) is 3.39. The molecule has 1 atom stereocenters. The first-order valence-corrected chi connectivity index (χ1v) is 6.24. The number of halogens is 2. The molecule has 0 aromatic heterocycles. The third-order valence-electron chi connectivity index (χ3n) is 2.44. The van der Waals surface area contributed by atoms with Crippen molar-refractivity contribution in [3.63, 3.8) is 0 Å². The highest BCUT2D eigenvalue weighted by Gasteiger charge is 2.06. The van der Waals surface area contributed by atoms with E-state index < -0.39 is 0 Å². The second-order valence-corrected chi connectivity index (χ2v) is 4.56. The third kappa shape index (κ3) is 4.06. The molecule has 88 valence electrons. The summed E-state index contributed by atoms with van der Waals surface area (Å²) in [7, 11) is 0. The van der Waals surface area contributed by atoms with Gasteiger partial charge in [-0.2, -0.15) is 0 Å². The monoisotopic (exact) mass is 285 g/mol. The predicted molar refractivity (Wildman–Crippen MR) is 69.9 cm³/mol. The molecule has 0 bridgehead atoms. The Hall–Kier alpha value is -0.670. The molecule has 16 heavy (non-hydrogen) atoms. The Balaban J connectivity index is 2.52. The smallest absolute Gasteiger partial charge is 0.137 e. The summed E-state index contributed by atoms with van der Waals surface area (Å²) in [5.74, 6) is -0.218. The number of allylic oxidation sites excluding steroid dienone is 1. The van der Waals surface area contributed by atoms with E-state index in [-0.39, 0.29) is 11.9 Å². The second kappa shape index (κ2) is 6.81. The number of rotatable bonds is 5. The molecule has 0 aliphatic carbocycles. The quantitative estimate of drug-likeness (QED) is 0.631. The largest absolute Gasteiger partial charge is 0.310 e. The fraction of sp³-hybridized carbons (Fsp3) is 0.385. The van der Waals surface area contributed by atoms with Gasteiger partial charge in [-0.1, -0.05) is 18.2 Å². The van der Waals surface area contributed by atoms with Gasteiger partial charge in [-0.3, -0.25) is 0 Å². The van der Waals surface area contributed by atoms with Crippen molar-refractivity contribution >= 4 is 15.9 Å². The van der Waals surface area contributed by atoms with Crippen LogP contribution in [0.15, 0.2) is 34.8 Å². The Kier molecular flexibility index (Phi) is 5.71. The van der Waals surface area contributed by atoms with Crippen molar-refractivity contribution in [2.75, 3.05) is 6.54 Å². The lowest BCUT2D eigenvalue weighted by atomic mass is 10.1. The van der Waals surface area contributed by atoms with Gasteiger partial charge in [0.25, 0.3) is 0 Å². The molecule has 1 aromatic rings. The zero-order chi connectivity index (χ0) is 12.0. The van der Waals surface area contributed by atoms with Crippen LogP contribution in [0.5, 0.6) is 0 Å². The van der Waals surface area contributed by atoms with Crippen LogP contribution in [0, 0.1) is 5.82 Å². The zero-order valence-electron chi connectivity index (χ0n) is 9.63. The van der Waals surface area contributed by atoms with E-state index in [0.717, 1.165) is 18.5 Å². The van der Waals surface area contributed by atoms with Gasteiger partial charge in [0, 0.05) is 6.04 Å². The zero-order valence-corrected chi connectivity index (χ0v) is 11.2. The summed E-state index contributed by atoms with van der Waals surface area (Å²) < 4.78 is 13.6. The molecule has 0 heterocycles. The minimum Gasteiger partial charge on any atom is -0.310 e. The summed E-state index contributed by atoms with van der Waals surface area (Å²) in [5.41, 5.74) is 1.09. The third-order valence-corrected chi connectivity index (χ3v) is 3.05. The predicted octanol–water partition coefficient (Wildman–Crippen LogP) is 4.21. The van der Waals surface area contributed by atoms with Crippen LogP contribution in [-0.2, 0) is 0 Å². The SMILES string of the molecule is C/C=C/CCNC(C)c1ccc(F)c(Br)c1. The normalized spacial score (nSPS) is 13.2. The van der Waals surface area contributed by atoms with E-state index >= 15 is 0 Å². The fourth-order valence-corrected chi connectivity index (χ4v) is 1.85. The van der Waals surface area contributed by atoms with E-state index in [1.165, 1.54) is 6.07 Å². The topological polar surface area (TPSA) is 12.0 Å². The molecule has 1 N–H and O–H groups in total. The minimum atomic E-state index is -0.218. The van der Waals surface area contributed by atoms with Crippen LogP contribution in [0.25, 0.3) is 0 Å². The van der Waals surface area contributed by atoms with E-state index in [1.54, 1.807) is 0 Å². The van der Waals surface area contributed by atoms with Crippen molar-refractivity contribution in [2.24, 2.45) is 0 Å². The molecule has 0 radical (unpaired) electrons. The highest BCUT2D eigenvalue weighted by atomic mass is 79.9. The van der Waals surface area contributed by atoms with E-state index in [4.69, 9.17) is 0 Å². The molecule has 3 heteroatoms. The van der Waals surface area contributed by atoms with Crippen LogP contribution in [0.4, 0.5) is 4.39 Å². The Morgan fingerprint density at radius 3 is 2.88 bits per heavy atom. The molecule has 0 aliphatic heterocycles. The Morgan fingerprint density at radius 1 is 1.50 bits per heavy atom. The molecule has 0 aliphatic rings. The van der Waals surface area contributed by atoms with Crippen LogP contribution < -0.4 is 5.32 Å².